The lowest BCUT2D eigenvalue weighted by Crippen LogP contribution is -2.20. The lowest BCUT2D eigenvalue weighted by atomic mass is 10.3. The molecule has 0 fully saturated rings. The SMILES string of the molecule is O=c1[nH]c(O)c(N=Nc2ccc(Cl)cc2Cl)c(=O)[nH]1. The summed E-state index contributed by atoms with van der Waals surface area (Å²) in [6.45, 7) is 0. The largest absolute Gasteiger partial charge is 0.493 e. The molecule has 2 rings (SSSR count). The van der Waals surface area contributed by atoms with Crippen LogP contribution in [0.5, 0.6) is 5.88 Å². The van der Waals surface area contributed by atoms with Crippen molar-refractivity contribution in [2.45, 2.75) is 0 Å². The molecule has 9 heteroatoms. The number of aromatic amines is 2. The maximum Gasteiger partial charge on any atom is 0.328 e. The number of rotatable bonds is 2. The molecule has 0 bridgehead atoms. The molecule has 0 unspecified atom stereocenters. The van der Waals surface area contributed by atoms with E-state index in [1.54, 1.807) is 6.07 Å². The molecule has 98 valence electrons. The molecule has 0 saturated heterocycles. The maximum absolute atomic E-state index is 11.4. The van der Waals surface area contributed by atoms with Gasteiger partial charge in [-0.05, 0) is 18.2 Å². The van der Waals surface area contributed by atoms with Gasteiger partial charge < -0.3 is 5.11 Å². The van der Waals surface area contributed by atoms with Crippen LogP contribution in [0.15, 0.2) is 38.0 Å². The summed E-state index contributed by atoms with van der Waals surface area (Å²) in [6.07, 6.45) is 0. The van der Waals surface area contributed by atoms with Crippen LogP contribution < -0.4 is 11.2 Å². The molecular formula is C10H6Cl2N4O3. The second kappa shape index (κ2) is 5.25. The predicted molar refractivity (Wildman–Crippen MR) is 70.0 cm³/mol. The van der Waals surface area contributed by atoms with Crippen LogP contribution in [0.4, 0.5) is 11.4 Å². The normalized spacial score (nSPS) is 11.1. The predicted octanol–water partition coefficient (Wildman–Crippen LogP) is 2.49. The van der Waals surface area contributed by atoms with Crippen LogP contribution in [0.2, 0.25) is 10.0 Å². The van der Waals surface area contributed by atoms with Crippen molar-refractivity contribution in [1.82, 2.24) is 9.97 Å². The highest BCUT2D eigenvalue weighted by Gasteiger charge is 2.07. The first-order chi connectivity index (χ1) is 8.97. The summed E-state index contributed by atoms with van der Waals surface area (Å²) >= 11 is 11.6. The van der Waals surface area contributed by atoms with Gasteiger partial charge in [0.1, 0.15) is 5.69 Å². The molecule has 1 aromatic carbocycles. The number of azo groups is 1. The summed E-state index contributed by atoms with van der Waals surface area (Å²) in [5.74, 6) is -0.678. The number of halogens is 2. The first-order valence-corrected chi connectivity index (χ1v) is 5.65. The zero-order chi connectivity index (χ0) is 14.0. The topological polar surface area (TPSA) is 111 Å². The van der Waals surface area contributed by atoms with Gasteiger partial charge >= 0.3 is 5.69 Å². The monoisotopic (exact) mass is 300 g/mol. The number of hydrogen-bond donors (Lipinski definition) is 3. The van der Waals surface area contributed by atoms with Gasteiger partial charge in [0.15, 0.2) is 0 Å². The fraction of sp³-hybridized carbons (Fsp3) is 0. The molecule has 19 heavy (non-hydrogen) atoms. The molecule has 0 aliphatic heterocycles. The second-order valence-electron chi connectivity index (χ2n) is 3.40. The minimum atomic E-state index is -0.866. The van der Waals surface area contributed by atoms with Crippen LogP contribution in [0.1, 0.15) is 0 Å². The summed E-state index contributed by atoms with van der Waals surface area (Å²) in [4.78, 5) is 26.1. The van der Waals surface area contributed by atoms with Crippen LogP contribution in [0.25, 0.3) is 0 Å². The average molecular weight is 301 g/mol. The van der Waals surface area contributed by atoms with Crippen LogP contribution in [0.3, 0.4) is 0 Å². The lowest BCUT2D eigenvalue weighted by molar-refractivity contribution is 0.450. The van der Waals surface area contributed by atoms with Gasteiger partial charge in [0, 0.05) is 5.02 Å². The molecule has 3 N–H and O–H groups in total. The quantitative estimate of drug-likeness (QED) is 0.741. The Bertz CT molecular complexity index is 766. The average Bonchev–Trinajstić information content (AvgIpc) is 2.30. The Balaban J connectivity index is 2.44. The standard InChI is InChI=1S/C10H6Cl2N4O3/c11-4-1-2-6(5(12)3-4)15-16-7-8(17)13-10(19)14-9(7)18/h1-3H,(H3,13,14,17,18,19). The number of aromatic hydroxyl groups is 1. The van der Waals surface area contributed by atoms with Gasteiger partial charge in [0.2, 0.25) is 11.6 Å². The van der Waals surface area contributed by atoms with E-state index in [4.69, 9.17) is 23.2 Å². The Kier molecular flexibility index (Phi) is 3.68. The van der Waals surface area contributed by atoms with Crippen molar-refractivity contribution in [3.05, 3.63) is 49.1 Å². The van der Waals surface area contributed by atoms with Crippen LogP contribution in [-0.2, 0) is 0 Å². The molecule has 0 amide bonds. The molecule has 1 heterocycles. The van der Waals surface area contributed by atoms with Gasteiger partial charge in [-0.3, -0.25) is 14.8 Å². The van der Waals surface area contributed by atoms with Gasteiger partial charge in [-0.15, -0.1) is 10.2 Å². The zero-order valence-electron chi connectivity index (χ0n) is 9.15. The second-order valence-corrected chi connectivity index (χ2v) is 4.24. The zero-order valence-corrected chi connectivity index (χ0v) is 10.7. The fourth-order valence-electron chi connectivity index (χ4n) is 1.23. The van der Waals surface area contributed by atoms with E-state index >= 15 is 0 Å². The molecule has 0 atom stereocenters. The van der Waals surface area contributed by atoms with E-state index in [0.717, 1.165) is 0 Å². The lowest BCUT2D eigenvalue weighted by Gasteiger charge is -1.98. The van der Waals surface area contributed by atoms with Crippen molar-refractivity contribution in [3.63, 3.8) is 0 Å². The van der Waals surface area contributed by atoms with Gasteiger partial charge in [-0.2, -0.15) is 0 Å². The molecule has 0 radical (unpaired) electrons. The Morgan fingerprint density at radius 1 is 1.11 bits per heavy atom. The van der Waals surface area contributed by atoms with E-state index in [2.05, 4.69) is 10.2 Å². The molecule has 0 aliphatic carbocycles. The van der Waals surface area contributed by atoms with E-state index in [-0.39, 0.29) is 10.7 Å². The summed E-state index contributed by atoms with van der Waals surface area (Å²) in [6, 6.07) is 4.48. The highest BCUT2D eigenvalue weighted by molar-refractivity contribution is 6.36. The molecule has 0 spiro atoms. The number of hydrogen-bond acceptors (Lipinski definition) is 5. The van der Waals surface area contributed by atoms with Gasteiger partial charge in [0.05, 0.1) is 5.02 Å². The van der Waals surface area contributed by atoms with Crippen molar-refractivity contribution >= 4 is 34.6 Å². The third-order valence-corrected chi connectivity index (χ3v) is 2.60. The van der Waals surface area contributed by atoms with Crippen LogP contribution in [0, 0.1) is 0 Å². The van der Waals surface area contributed by atoms with E-state index in [1.807, 2.05) is 9.97 Å². The van der Waals surface area contributed by atoms with Crippen molar-refractivity contribution in [3.8, 4) is 5.88 Å². The molecule has 1 aromatic heterocycles. The Morgan fingerprint density at radius 3 is 2.47 bits per heavy atom. The van der Waals surface area contributed by atoms with Crippen LogP contribution in [-0.4, -0.2) is 15.1 Å². The first-order valence-electron chi connectivity index (χ1n) is 4.90. The molecule has 0 saturated carbocycles. The summed E-state index contributed by atoms with van der Waals surface area (Å²) in [5, 5.41) is 17.3. The van der Waals surface area contributed by atoms with E-state index < -0.39 is 22.8 Å². The van der Waals surface area contributed by atoms with E-state index in [0.29, 0.717) is 5.02 Å². The van der Waals surface area contributed by atoms with Gasteiger partial charge in [0.25, 0.3) is 5.56 Å². The summed E-state index contributed by atoms with van der Waals surface area (Å²) in [7, 11) is 0. The number of aromatic nitrogens is 2. The number of nitrogens with one attached hydrogen (secondary N) is 2. The summed E-state index contributed by atoms with van der Waals surface area (Å²) in [5.41, 5.74) is -1.87. The molecule has 7 nitrogen and oxygen atoms in total. The fourth-order valence-corrected chi connectivity index (χ4v) is 1.67. The number of benzene rings is 1. The highest BCUT2D eigenvalue weighted by Crippen LogP contribution is 2.29. The minimum absolute atomic E-state index is 0.233. The van der Waals surface area contributed by atoms with Crippen molar-refractivity contribution in [2.75, 3.05) is 0 Å². The van der Waals surface area contributed by atoms with Crippen LogP contribution >= 0.6 is 23.2 Å². The first kappa shape index (κ1) is 13.3. The Morgan fingerprint density at radius 2 is 1.84 bits per heavy atom. The van der Waals surface area contributed by atoms with Gasteiger partial charge in [-0.25, -0.2) is 4.79 Å². The Hall–Kier alpha value is -2.12. The van der Waals surface area contributed by atoms with E-state index in [9.17, 15) is 14.7 Å². The molecule has 0 aliphatic rings. The van der Waals surface area contributed by atoms with Gasteiger partial charge in [-0.1, -0.05) is 23.2 Å². The highest BCUT2D eigenvalue weighted by atomic mass is 35.5. The summed E-state index contributed by atoms with van der Waals surface area (Å²) < 4.78 is 0. The van der Waals surface area contributed by atoms with E-state index in [1.165, 1.54) is 12.1 Å². The smallest absolute Gasteiger partial charge is 0.328 e. The Labute approximate surface area is 115 Å². The third-order valence-electron chi connectivity index (χ3n) is 2.07. The molecular weight excluding hydrogens is 295 g/mol. The maximum atomic E-state index is 11.4. The molecule has 2 aromatic rings. The van der Waals surface area contributed by atoms with Crippen molar-refractivity contribution < 1.29 is 5.11 Å². The van der Waals surface area contributed by atoms with Crippen molar-refractivity contribution in [1.29, 1.82) is 0 Å². The third kappa shape index (κ3) is 3.01. The minimum Gasteiger partial charge on any atom is -0.493 e. The van der Waals surface area contributed by atoms with Crippen molar-refractivity contribution in [2.24, 2.45) is 10.2 Å². The number of H-pyrrole nitrogens is 2. The number of nitrogens with zero attached hydrogens (tertiary/aromatic N) is 2.